The van der Waals surface area contributed by atoms with E-state index in [4.69, 9.17) is 0 Å². The molecule has 0 spiro atoms. The predicted molar refractivity (Wildman–Crippen MR) is 84.9 cm³/mol. The Morgan fingerprint density at radius 1 is 1.06 bits per heavy atom. The molecule has 0 bridgehead atoms. The number of aryl methyl sites for hydroxylation is 1. The van der Waals surface area contributed by atoms with Crippen LogP contribution >= 0.6 is 0 Å². The second-order valence-corrected chi connectivity index (χ2v) is 5.91. The quantitative estimate of drug-likeness (QED) is 0.731. The molecule has 0 fully saturated rings. The van der Waals surface area contributed by atoms with E-state index in [1.807, 2.05) is 20.9 Å². The van der Waals surface area contributed by atoms with Crippen molar-refractivity contribution in [1.29, 1.82) is 0 Å². The molecular weight excluding hydrogens is 218 g/mol. The van der Waals surface area contributed by atoms with E-state index in [1.165, 1.54) is 22.4 Å². The highest BCUT2D eigenvalue weighted by Crippen LogP contribution is 2.33. The topological polar surface area (TPSA) is 12.0 Å². The molecule has 0 heterocycles. The monoisotopic (exact) mass is 249 g/mol. The van der Waals surface area contributed by atoms with Crippen molar-refractivity contribution < 1.29 is 0 Å². The molecule has 1 N–H and O–H groups in total. The van der Waals surface area contributed by atoms with Gasteiger partial charge in [0, 0.05) is 12.7 Å². The Kier molecular flexibility index (Phi) is 6.45. The number of hydrogen-bond donors (Lipinski definition) is 1. The summed E-state index contributed by atoms with van der Waals surface area (Å²) < 4.78 is 0. The molecule has 0 aromatic heterocycles. The number of anilines is 1. The number of benzene rings is 1. The largest absolute Gasteiger partial charge is 0.388 e. The molecule has 0 aliphatic heterocycles. The fraction of sp³-hybridized carbons (Fsp3) is 0.647. The summed E-state index contributed by atoms with van der Waals surface area (Å²) in [5, 5.41) is 3.32. The summed E-state index contributed by atoms with van der Waals surface area (Å²) in [7, 11) is 2.00. The van der Waals surface area contributed by atoms with Crippen molar-refractivity contribution in [1.82, 2.24) is 0 Å². The summed E-state index contributed by atoms with van der Waals surface area (Å²) in [6.07, 6.45) is 0. The van der Waals surface area contributed by atoms with Gasteiger partial charge in [0.15, 0.2) is 0 Å². The van der Waals surface area contributed by atoms with Gasteiger partial charge < -0.3 is 5.32 Å². The van der Waals surface area contributed by atoms with Crippen LogP contribution in [0.5, 0.6) is 0 Å². The smallest absolute Gasteiger partial charge is 0.0402 e. The molecular formula is C17H31N. The van der Waals surface area contributed by atoms with Gasteiger partial charge in [-0.15, -0.1) is 0 Å². The molecule has 1 aromatic carbocycles. The minimum Gasteiger partial charge on any atom is -0.388 e. The molecule has 0 aliphatic rings. The van der Waals surface area contributed by atoms with Crippen molar-refractivity contribution >= 4 is 5.69 Å². The maximum atomic E-state index is 3.32. The summed E-state index contributed by atoms with van der Waals surface area (Å²) in [5.41, 5.74) is 5.71. The lowest BCUT2D eigenvalue weighted by Crippen LogP contribution is -2.13. The lowest BCUT2D eigenvalue weighted by atomic mass is 9.83. The van der Waals surface area contributed by atoms with E-state index in [-0.39, 0.29) is 5.41 Å². The van der Waals surface area contributed by atoms with Gasteiger partial charge in [-0.25, -0.2) is 0 Å². The van der Waals surface area contributed by atoms with Crippen LogP contribution in [-0.2, 0) is 5.41 Å². The van der Waals surface area contributed by atoms with Crippen LogP contribution in [0.1, 0.15) is 71.1 Å². The predicted octanol–water partition coefficient (Wildman–Crippen LogP) is 5.48. The Balaban J connectivity index is 0.00000137. The van der Waals surface area contributed by atoms with E-state index in [1.54, 1.807) is 0 Å². The van der Waals surface area contributed by atoms with Crippen molar-refractivity contribution in [2.75, 3.05) is 12.4 Å². The molecule has 0 saturated heterocycles. The van der Waals surface area contributed by atoms with Crippen LogP contribution in [0.3, 0.4) is 0 Å². The van der Waals surface area contributed by atoms with Gasteiger partial charge in [-0.05, 0) is 34.9 Å². The first-order valence-corrected chi connectivity index (χ1v) is 7.10. The molecule has 1 rings (SSSR count). The van der Waals surface area contributed by atoms with Gasteiger partial charge in [0.25, 0.3) is 0 Å². The second kappa shape index (κ2) is 6.82. The summed E-state index contributed by atoms with van der Waals surface area (Å²) in [6.45, 7) is 17.5. The lowest BCUT2D eigenvalue weighted by Gasteiger charge is -2.24. The van der Waals surface area contributed by atoms with Gasteiger partial charge in [-0.1, -0.05) is 60.6 Å². The number of hydrogen-bond acceptors (Lipinski definition) is 1. The highest BCUT2D eigenvalue weighted by Gasteiger charge is 2.18. The molecule has 1 aromatic rings. The van der Waals surface area contributed by atoms with E-state index < -0.39 is 0 Å². The fourth-order valence-corrected chi connectivity index (χ4v) is 2.04. The Morgan fingerprint density at radius 2 is 1.56 bits per heavy atom. The van der Waals surface area contributed by atoms with Crippen LogP contribution in [0, 0.1) is 6.92 Å². The van der Waals surface area contributed by atoms with E-state index in [9.17, 15) is 0 Å². The minimum atomic E-state index is 0.223. The molecule has 104 valence electrons. The van der Waals surface area contributed by atoms with E-state index >= 15 is 0 Å². The average Bonchev–Trinajstić information content (AvgIpc) is 2.29. The van der Waals surface area contributed by atoms with E-state index in [2.05, 4.69) is 59.0 Å². The summed E-state index contributed by atoms with van der Waals surface area (Å²) >= 11 is 0. The van der Waals surface area contributed by atoms with Crippen molar-refractivity contribution in [3.05, 3.63) is 28.8 Å². The SMILES string of the molecule is CC.CNc1c(C)cc(C(C)(C)C)cc1C(C)C. The zero-order valence-corrected chi connectivity index (χ0v) is 13.7. The normalized spacial score (nSPS) is 11.0. The van der Waals surface area contributed by atoms with E-state index in [0.29, 0.717) is 5.92 Å². The third kappa shape index (κ3) is 4.04. The van der Waals surface area contributed by atoms with Crippen molar-refractivity contribution in [2.24, 2.45) is 0 Å². The van der Waals surface area contributed by atoms with Gasteiger partial charge in [0.2, 0.25) is 0 Å². The van der Waals surface area contributed by atoms with Gasteiger partial charge in [0.05, 0.1) is 0 Å². The first-order valence-electron chi connectivity index (χ1n) is 7.10. The Bertz CT molecular complexity index is 370. The van der Waals surface area contributed by atoms with E-state index in [0.717, 1.165) is 0 Å². The summed E-state index contributed by atoms with van der Waals surface area (Å²) in [5.74, 6) is 0.559. The molecule has 0 unspecified atom stereocenters. The van der Waals surface area contributed by atoms with Crippen molar-refractivity contribution in [3.63, 3.8) is 0 Å². The van der Waals surface area contributed by atoms with Gasteiger partial charge in [-0.3, -0.25) is 0 Å². The molecule has 18 heavy (non-hydrogen) atoms. The Morgan fingerprint density at radius 3 is 1.89 bits per heavy atom. The van der Waals surface area contributed by atoms with Crippen molar-refractivity contribution in [3.8, 4) is 0 Å². The number of rotatable bonds is 2. The molecule has 0 saturated carbocycles. The molecule has 1 heteroatoms. The highest BCUT2D eigenvalue weighted by atomic mass is 14.8. The molecule has 0 atom stereocenters. The molecule has 0 radical (unpaired) electrons. The molecule has 0 aliphatic carbocycles. The third-order valence-corrected chi connectivity index (χ3v) is 3.10. The van der Waals surface area contributed by atoms with Crippen LogP contribution in [0.4, 0.5) is 5.69 Å². The fourth-order valence-electron chi connectivity index (χ4n) is 2.04. The maximum absolute atomic E-state index is 3.32. The van der Waals surface area contributed by atoms with Gasteiger partial charge >= 0.3 is 0 Å². The van der Waals surface area contributed by atoms with Crippen molar-refractivity contribution in [2.45, 2.75) is 66.7 Å². The van der Waals surface area contributed by atoms with Crippen LogP contribution in [0.15, 0.2) is 12.1 Å². The zero-order chi connectivity index (χ0) is 14.5. The summed E-state index contributed by atoms with van der Waals surface area (Å²) in [4.78, 5) is 0. The molecule has 1 nitrogen and oxygen atoms in total. The van der Waals surface area contributed by atoms with Crippen LogP contribution in [-0.4, -0.2) is 7.05 Å². The first-order chi connectivity index (χ1) is 8.27. The summed E-state index contributed by atoms with van der Waals surface area (Å²) in [6, 6.07) is 4.65. The van der Waals surface area contributed by atoms with Gasteiger partial charge in [0.1, 0.15) is 0 Å². The maximum Gasteiger partial charge on any atom is 0.0402 e. The third-order valence-electron chi connectivity index (χ3n) is 3.10. The first kappa shape index (κ1) is 17.0. The Hall–Kier alpha value is -0.980. The highest BCUT2D eigenvalue weighted by molar-refractivity contribution is 5.60. The number of nitrogens with one attached hydrogen (secondary N) is 1. The van der Waals surface area contributed by atoms with Crippen LogP contribution in [0.25, 0.3) is 0 Å². The lowest BCUT2D eigenvalue weighted by molar-refractivity contribution is 0.588. The van der Waals surface area contributed by atoms with Crippen LogP contribution in [0.2, 0.25) is 0 Å². The minimum absolute atomic E-state index is 0.223. The second-order valence-electron chi connectivity index (χ2n) is 5.91. The van der Waals surface area contributed by atoms with Crippen LogP contribution < -0.4 is 5.32 Å². The average molecular weight is 249 g/mol. The zero-order valence-electron chi connectivity index (χ0n) is 13.7. The van der Waals surface area contributed by atoms with Gasteiger partial charge in [-0.2, -0.15) is 0 Å². The Labute approximate surface area is 114 Å². The standard InChI is InChI=1S/C15H25N.C2H6/c1-10(2)13-9-12(15(4,5)6)8-11(3)14(13)16-7;1-2/h8-10,16H,1-7H3;1-2H3. The molecule has 0 amide bonds.